The van der Waals surface area contributed by atoms with Gasteiger partial charge in [-0.2, -0.15) is 0 Å². The minimum Gasteiger partial charge on any atom is -0.501 e. The molecule has 0 saturated heterocycles. The minimum atomic E-state index is 0.687. The van der Waals surface area contributed by atoms with E-state index in [0.717, 1.165) is 17.6 Å². The van der Waals surface area contributed by atoms with Crippen LogP contribution in [-0.2, 0) is 11.2 Å². The van der Waals surface area contributed by atoms with Crippen LogP contribution in [-0.4, -0.2) is 13.4 Å². The molecular weight excluding hydrogens is 164 g/mol. The molecule has 0 aromatic heterocycles. The first-order valence-electron chi connectivity index (χ1n) is 4.02. The zero-order valence-corrected chi connectivity index (χ0v) is 7.62. The van der Waals surface area contributed by atoms with Crippen molar-refractivity contribution < 1.29 is 9.53 Å². The Bertz CT molecular complexity index is 298. The molecule has 0 amide bonds. The molecule has 1 aromatic carbocycles. The van der Waals surface area contributed by atoms with Gasteiger partial charge < -0.3 is 4.74 Å². The van der Waals surface area contributed by atoms with Crippen molar-refractivity contribution >= 4 is 6.29 Å². The predicted octanol–water partition coefficient (Wildman–Crippen LogP) is 2.20. The van der Waals surface area contributed by atoms with Gasteiger partial charge in [0.1, 0.15) is 6.29 Å². The monoisotopic (exact) mass is 176 g/mol. The van der Waals surface area contributed by atoms with Crippen LogP contribution in [0.4, 0.5) is 0 Å². The Hall–Kier alpha value is -1.57. The van der Waals surface area contributed by atoms with Crippen molar-refractivity contribution in [3.05, 3.63) is 47.7 Å². The number of carbonyl (C=O) groups is 1. The van der Waals surface area contributed by atoms with E-state index in [0.29, 0.717) is 12.0 Å². The SMILES string of the molecule is C=C(Cc1ccc(C=O)cc1)OC. The van der Waals surface area contributed by atoms with E-state index >= 15 is 0 Å². The number of methoxy groups -OCH3 is 1. The largest absolute Gasteiger partial charge is 0.501 e. The Labute approximate surface area is 77.8 Å². The minimum absolute atomic E-state index is 0.687. The van der Waals surface area contributed by atoms with Gasteiger partial charge in [0, 0.05) is 12.0 Å². The molecular formula is C11H12O2. The molecule has 0 spiro atoms. The molecule has 0 aliphatic carbocycles. The van der Waals surface area contributed by atoms with Gasteiger partial charge in [-0.05, 0) is 5.56 Å². The Morgan fingerprint density at radius 1 is 1.46 bits per heavy atom. The third-order valence-corrected chi connectivity index (χ3v) is 1.81. The highest BCUT2D eigenvalue weighted by Gasteiger charge is 1.96. The Morgan fingerprint density at radius 3 is 2.54 bits per heavy atom. The lowest BCUT2D eigenvalue weighted by Crippen LogP contribution is -1.91. The number of hydrogen-bond acceptors (Lipinski definition) is 2. The topological polar surface area (TPSA) is 26.3 Å². The van der Waals surface area contributed by atoms with E-state index in [1.165, 1.54) is 0 Å². The lowest BCUT2D eigenvalue weighted by molar-refractivity contribution is 0.112. The van der Waals surface area contributed by atoms with Gasteiger partial charge in [-0.3, -0.25) is 4.79 Å². The average molecular weight is 176 g/mol. The second kappa shape index (κ2) is 4.45. The van der Waals surface area contributed by atoms with Crippen molar-refractivity contribution in [1.29, 1.82) is 0 Å². The quantitative estimate of drug-likeness (QED) is 0.519. The van der Waals surface area contributed by atoms with Crippen molar-refractivity contribution in [3.63, 3.8) is 0 Å². The van der Waals surface area contributed by atoms with Crippen LogP contribution >= 0.6 is 0 Å². The first kappa shape index (κ1) is 9.52. The van der Waals surface area contributed by atoms with Crippen LogP contribution in [0.3, 0.4) is 0 Å². The molecule has 0 aliphatic rings. The summed E-state index contributed by atoms with van der Waals surface area (Å²) in [4.78, 5) is 10.4. The molecule has 0 atom stereocenters. The summed E-state index contributed by atoms with van der Waals surface area (Å²) in [5.41, 5.74) is 1.78. The lowest BCUT2D eigenvalue weighted by atomic mass is 10.1. The normalized spacial score (nSPS) is 9.31. The van der Waals surface area contributed by atoms with E-state index < -0.39 is 0 Å². The maximum absolute atomic E-state index is 10.4. The van der Waals surface area contributed by atoms with Gasteiger partial charge in [0.15, 0.2) is 0 Å². The smallest absolute Gasteiger partial charge is 0.150 e. The molecule has 2 nitrogen and oxygen atoms in total. The number of hydrogen-bond donors (Lipinski definition) is 0. The van der Waals surface area contributed by atoms with Gasteiger partial charge in [0.25, 0.3) is 0 Å². The van der Waals surface area contributed by atoms with Crippen molar-refractivity contribution in [2.24, 2.45) is 0 Å². The number of benzene rings is 1. The molecule has 68 valence electrons. The number of rotatable bonds is 4. The number of ether oxygens (including phenoxy) is 1. The third kappa shape index (κ3) is 2.75. The van der Waals surface area contributed by atoms with Crippen LogP contribution in [0.1, 0.15) is 15.9 Å². The standard InChI is InChI=1S/C11H12O2/c1-9(13-2)7-10-3-5-11(8-12)6-4-10/h3-6,8H,1,7H2,2H3. The molecule has 0 heterocycles. The van der Waals surface area contributed by atoms with Crippen molar-refractivity contribution in [2.45, 2.75) is 6.42 Å². The summed E-state index contributed by atoms with van der Waals surface area (Å²) >= 11 is 0. The molecule has 1 aromatic rings. The van der Waals surface area contributed by atoms with Gasteiger partial charge in [-0.1, -0.05) is 30.8 Å². The van der Waals surface area contributed by atoms with Crippen LogP contribution in [0.15, 0.2) is 36.6 Å². The summed E-state index contributed by atoms with van der Waals surface area (Å²) in [5, 5.41) is 0. The summed E-state index contributed by atoms with van der Waals surface area (Å²) in [6.45, 7) is 3.72. The number of aldehydes is 1. The van der Waals surface area contributed by atoms with Gasteiger partial charge in [0.05, 0.1) is 12.9 Å². The average Bonchev–Trinajstić information content (AvgIpc) is 2.19. The molecule has 0 saturated carbocycles. The fraction of sp³-hybridized carbons (Fsp3) is 0.182. The van der Waals surface area contributed by atoms with E-state index in [-0.39, 0.29) is 0 Å². The summed E-state index contributed by atoms with van der Waals surface area (Å²) in [6.07, 6.45) is 1.52. The fourth-order valence-electron chi connectivity index (χ4n) is 1.01. The molecule has 0 aliphatic heterocycles. The van der Waals surface area contributed by atoms with E-state index in [9.17, 15) is 4.79 Å². The van der Waals surface area contributed by atoms with Crippen molar-refractivity contribution in [1.82, 2.24) is 0 Å². The molecule has 0 N–H and O–H groups in total. The van der Waals surface area contributed by atoms with E-state index in [1.807, 2.05) is 12.1 Å². The molecule has 1 rings (SSSR count). The lowest BCUT2D eigenvalue weighted by Gasteiger charge is -2.03. The highest BCUT2D eigenvalue weighted by molar-refractivity contribution is 5.74. The summed E-state index contributed by atoms with van der Waals surface area (Å²) in [6, 6.07) is 7.36. The second-order valence-corrected chi connectivity index (χ2v) is 2.78. The molecule has 0 unspecified atom stereocenters. The van der Waals surface area contributed by atoms with E-state index in [4.69, 9.17) is 4.74 Å². The van der Waals surface area contributed by atoms with Crippen LogP contribution in [0, 0.1) is 0 Å². The predicted molar refractivity (Wildman–Crippen MR) is 51.7 cm³/mol. The summed E-state index contributed by atoms with van der Waals surface area (Å²) in [7, 11) is 1.60. The van der Waals surface area contributed by atoms with Gasteiger partial charge in [-0.25, -0.2) is 0 Å². The van der Waals surface area contributed by atoms with Crippen LogP contribution in [0.2, 0.25) is 0 Å². The maximum Gasteiger partial charge on any atom is 0.150 e. The number of allylic oxidation sites excluding steroid dienone is 1. The van der Waals surface area contributed by atoms with Gasteiger partial charge >= 0.3 is 0 Å². The maximum atomic E-state index is 10.4. The second-order valence-electron chi connectivity index (χ2n) is 2.78. The van der Waals surface area contributed by atoms with Crippen molar-refractivity contribution in [3.8, 4) is 0 Å². The van der Waals surface area contributed by atoms with E-state index in [1.54, 1.807) is 19.2 Å². The third-order valence-electron chi connectivity index (χ3n) is 1.81. The first-order chi connectivity index (χ1) is 6.26. The van der Waals surface area contributed by atoms with Crippen LogP contribution < -0.4 is 0 Å². The Balaban J connectivity index is 2.69. The van der Waals surface area contributed by atoms with Crippen LogP contribution in [0.5, 0.6) is 0 Å². The zero-order valence-electron chi connectivity index (χ0n) is 7.62. The molecule has 2 heteroatoms. The number of carbonyl (C=O) groups excluding carboxylic acids is 1. The highest BCUT2D eigenvalue weighted by Crippen LogP contribution is 2.07. The molecule has 13 heavy (non-hydrogen) atoms. The summed E-state index contributed by atoms with van der Waals surface area (Å²) in [5.74, 6) is 0.721. The molecule has 0 radical (unpaired) electrons. The van der Waals surface area contributed by atoms with Crippen molar-refractivity contribution in [2.75, 3.05) is 7.11 Å². The Morgan fingerprint density at radius 2 is 2.08 bits per heavy atom. The first-order valence-corrected chi connectivity index (χ1v) is 4.02. The molecule has 0 bridgehead atoms. The van der Waals surface area contributed by atoms with E-state index in [2.05, 4.69) is 6.58 Å². The van der Waals surface area contributed by atoms with Gasteiger partial charge in [-0.15, -0.1) is 0 Å². The fourth-order valence-corrected chi connectivity index (χ4v) is 1.01. The highest BCUT2D eigenvalue weighted by atomic mass is 16.5. The van der Waals surface area contributed by atoms with Crippen LogP contribution in [0.25, 0.3) is 0 Å². The molecule has 0 fully saturated rings. The van der Waals surface area contributed by atoms with Gasteiger partial charge in [0.2, 0.25) is 0 Å². The Kier molecular flexibility index (Phi) is 3.26. The summed E-state index contributed by atoms with van der Waals surface area (Å²) < 4.78 is 4.95. The zero-order chi connectivity index (χ0) is 9.68.